The molecule has 0 aromatic carbocycles. The first-order valence-electron chi connectivity index (χ1n) is 36.2. The number of hydrogen-bond donors (Lipinski definition) is 12. The topological polar surface area (TPSA) is 307 Å². The summed E-state index contributed by atoms with van der Waals surface area (Å²) in [5, 5.41) is 120. The minimum Gasteiger partial charge on any atom is -0.394 e. The molecule has 0 spiro atoms. The molecule has 0 bridgehead atoms. The minimum atomic E-state index is -1.98. The van der Waals surface area contributed by atoms with Crippen LogP contribution in [-0.4, -0.2) is 193 Å². The Morgan fingerprint density at radius 1 is 0.400 bits per heavy atom. The van der Waals surface area contributed by atoms with Gasteiger partial charge in [0.1, 0.15) is 73.2 Å². The summed E-state index contributed by atoms with van der Waals surface area (Å²) in [5.41, 5.74) is 0. The molecule has 12 N–H and O–H groups in total. The Kier molecular flexibility index (Phi) is 48.6. The average molecular weight is 1290 g/mol. The lowest BCUT2D eigenvalue weighted by Gasteiger charge is -2.48. The van der Waals surface area contributed by atoms with Crippen LogP contribution < -0.4 is 5.32 Å². The summed E-state index contributed by atoms with van der Waals surface area (Å²) in [6.07, 6.45) is 35.8. The minimum absolute atomic E-state index is 0.227. The van der Waals surface area contributed by atoms with Crippen molar-refractivity contribution in [3.05, 3.63) is 36.5 Å². The zero-order valence-electron chi connectivity index (χ0n) is 55.9. The van der Waals surface area contributed by atoms with Crippen molar-refractivity contribution < 1.29 is 89.4 Å². The average Bonchev–Trinajstić information content (AvgIpc) is 0.851. The van der Waals surface area contributed by atoms with Gasteiger partial charge in [-0.3, -0.25) is 4.79 Å². The van der Waals surface area contributed by atoms with Crippen LogP contribution in [0.25, 0.3) is 0 Å². The molecular formula is C71H131NO18. The summed E-state index contributed by atoms with van der Waals surface area (Å²) in [7, 11) is 0. The number of carbonyl (C=O) groups is 1. The van der Waals surface area contributed by atoms with Gasteiger partial charge in [0.25, 0.3) is 0 Å². The fraction of sp³-hybridized carbons (Fsp3) is 0.901. The molecule has 1 amide bonds. The van der Waals surface area contributed by atoms with Crippen LogP contribution in [0.3, 0.4) is 0 Å². The van der Waals surface area contributed by atoms with Crippen LogP contribution in [0.5, 0.6) is 0 Å². The van der Waals surface area contributed by atoms with Crippen LogP contribution in [0, 0.1) is 0 Å². The summed E-state index contributed by atoms with van der Waals surface area (Å²) >= 11 is 0. The molecule has 3 saturated heterocycles. The molecule has 90 heavy (non-hydrogen) atoms. The van der Waals surface area contributed by atoms with Gasteiger partial charge in [0.15, 0.2) is 18.9 Å². The highest BCUT2D eigenvalue weighted by Gasteiger charge is 2.53. The van der Waals surface area contributed by atoms with E-state index in [2.05, 4.69) is 43.5 Å². The quantitative estimate of drug-likeness (QED) is 0.0199. The maximum atomic E-state index is 13.3. The lowest BCUT2D eigenvalue weighted by molar-refractivity contribution is -0.379. The van der Waals surface area contributed by atoms with E-state index in [0.29, 0.717) is 6.42 Å². The number of amides is 1. The molecule has 3 heterocycles. The molecule has 0 saturated carbocycles. The summed E-state index contributed by atoms with van der Waals surface area (Å²) in [6, 6.07) is -0.980. The zero-order valence-corrected chi connectivity index (χ0v) is 55.9. The number of carbonyl (C=O) groups excluding carboxylic acids is 1. The molecule has 0 aromatic rings. The van der Waals surface area contributed by atoms with Crippen molar-refractivity contribution in [1.29, 1.82) is 0 Å². The van der Waals surface area contributed by atoms with Crippen molar-refractivity contribution in [3.63, 3.8) is 0 Å². The van der Waals surface area contributed by atoms with Crippen molar-refractivity contribution in [2.24, 2.45) is 0 Å². The monoisotopic (exact) mass is 1290 g/mol. The number of unbranched alkanes of at least 4 members (excludes halogenated alkanes) is 36. The second kappa shape index (κ2) is 53.2. The fourth-order valence-corrected chi connectivity index (χ4v) is 12.3. The van der Waals surface area contributed by atoms with Crippen LogP contribution in [0.4, 0.5) is 0 Å². The number of rotatable bonds is 56. The van der Waals surface area contributed by atoms with Crippen LogP contribution in [0.1, 0.15) is 277 Å². The van der Waals surface area contributed by atoms with E-state index in [1.54, 1.807) is 6.08 Å². The molecule has 3 rings (SSSR count). The molecule has 528 valence electrons. The van der Waals surface area contributed by atoms with Gasteiger partial charge in [-0.1, -0.05) is 262 Å². The van der Waals surface area contributed by atoms with Gasteiger partial charge in [0, 0.05) is 6.42 Å². The Morgan fingerprint density at radius 3 is 1.18 bits per heavy atom. The molecule has 3 aliphatic rings. The standard InChI is InChI=1S/C71H131NO18/c1-3-5-7-9-11-13-15-17-18-19-20-21-22-23-24-25-26-27-28-29-30-31-32-33-34-35-37-38-40-42-44-46-48-55(76)54(72-59(77)49-47-45-43-41-39-36-16-14-12-10-8-6-4-2)53-85-69-65(83)62(80)67(57(51-74)87-69)90-71-66(84)63(81)68(58(52-75)88-71)89-70-64(82)61(79)60(78)56(50-73)86-70/h8,10,14,16,46,48,54-58,60-71,73-76,78-84H,3-7,9,11-13,15,17-45,47,49-53H2,1-2H3,(H,72,77)/b10-8-,16-14-,48-46+. The van der Waals surface area contributed by atoms with E-state index in [-0.39, 0.29) is 18.9 Å². The van der Waals surface area contributed by atoms with E-state index in [9.17, 15) is 61.0 Å². The Balaban J connectivity index is 1.37. The molecule has 17 atom stereocenters. The second-order valence-electron chi connectivity index (χ2n) is 26.1. The van der Waals surface area contributed by atoms with Crippen molar-refractivity contribution in [2.75, 3.05) is 26.4 Å². The first-order valence-corrected chi connectivity index (χ1v) is 36.2. The SMILES string of the molecule is CCC/C=C\C/C=C\CCCCCCCC(=O)NC(COC1OC(CO)C(OC2OC(CO)C(OC3OC(CO)C(O)C(O)C3O)C(O)C2O)C(O)C1O)C(O)/C=C/CCCCCCCCCCCCCCCCCCCCCCCCCCCCCCCC. The van der Waals surface area contributed by atoms with Gasteiger partial charge in [-0.05, 0) is 44.9 Å². The van der Waals surface area contributed by atoms with Crippen molar-refractivity contribution in [1.82, 2.24) is 5.32 Å². The van der Waals surface area contributed by atoms with E-state index in [4.69, 9.17) is 28.4 Å². The van der Waals surface area contributed by atoms with Crippen molar-refractivity contribution >= 4 is 5.91 Å². The third-order valence-corrected chi connectivity index (χ3v) is 18.2. The molecule has 19 nitrogen and oxygen atoms in total. The predicted octanol–water partition coefficient (Wildman–Crippen LogP) is 10.00. The Labute approximate surface area is 542 Å². The number of ether oxygens (including phenoxy) is 6. The predicted molar refractivity (Wildman–Crippen MR) is 351 cm³/mol. The van der Waals surface area contributed by atoms with Crippen LogP contribution in [-0.2, 0) is 33.2 Å². The summed E-state index contributed by atoms with van der Waals surface area (Å²) in [5.74, 6) is -0.289. The van der Waals surface area contributed by atoms with Crippen molar-refractivity contribution in [3.8, 4) is 0 Å². The third kappa shape index (κ3) is 34.6. The number of aliphatic hydroxyl groups is 11. The highest BCUT2D eigenvalue weighted by Crippen LogP contribution is 2.33. The largest absolute Gasteiger partial charge is 0.394 e. The molecule has 3 fully saturated rings. The number of nitrogens with one attached hydrogen (secondary N) is 1. The van der Waals surface area contributed by atoms with Gasteiger partial charge in [-0.15, -0.1) is 0 Å². The fourth-order valence-electron chi connectivity index (χ4n) is 12.3. The summed E-state index contributed by atoms with van der Waals surface area (Å²) < 4.78 is 34.3. The molecule has 0 aliphatic carbocycles. The van der Waals surface area contributed by atoms with Crippen molar-refractivity contribution in [2.45, 2.75) is 381 Å². The Morgan fingerprint density at radius 2 is 0.756 bits per heavy atom. The number of hydrogen-bond acceptors (Lipinski definition) is 18. The number of aliphatic hydroxyl groups excluding tert-OH is 11. The molecule has 17 unspecified atom stereocenters. The number of allylic oxidation sites excluding steroid dienone is 5. The molecule has 0 radical (unpaired) electrons. The maximum Gasteiger partial charge on any atom is 0.220 e. The van der Waals surface area contributed by atoms with Gasteiger partial charge in [0.2, 0.25) is 5.91 Å². The zero-order chi connectivity index (χ0) is 65.4. The van der Waals surface area contributed by atoms with Gasteiger partial charge < -0.3 is 89.9 Å². The first-order chi connectivity index (χ1) is 43.8. The first kappa shape index (κ1) is 82.2. The van der Waals surface area contributed by atoms with E-state index < -0.39 is 124 Å². The van der Waals surface area contributed by atoms with Gasteiger partial charge in [0.05, 0.1) is 38.6 Å². The van der Waals surface area contributed by atoms with E-state index in [1.165, 1.54) is 173 Å². The normalized spacial score (nSPS) is 28.2. The lowest BCUT2D eigenvalue weighted by atomic mass is 9.96. The molecule has 3 aliphatic heterocycles. The highest BCUT2D eigenvalue weighted by molar-refractivity contribution is 5.76. The van der Waals surface area contributed by atoms with Crippen LogP contribution in [0.2, 0.25) is 0 Å². The smallest absolute Gasteiger partial charge is 0.220 e. The Bertz CT molecular complexity index is 1780. The van der Waals surface area contributed by atoms with E-state index in [0.717, 1.165) is 77.0 Å². The van der Waals surface area contributed by atoms with Gasteiger partial charge >= 0.3 is 0 Å². The maximum absolute atomic E-state index is 13.3. The Hall–Kier alpha value is -1.99. The van der Waals surface area contributed by atoms with Crippen LogP contribution in [0.15, 0.2) is 36.5 Å². The van der Waals surface area contributed by atoms with Crippen LogP contribution >= 0.6 is 0 Å². The van der Waals surface area contributed by atoms with Gasteiger partial charge in [-0.2, -0.15) is 0 Å². The molecular weight excluding hydrogens is 1150 g/mol. The summed E-state index contributed by atoms with van der Waals surface area (Å²) in [4.78, 5) is 13.3. The third-order valence-electron chi connectivity index (χ3n) is 18.2. The second-order valence-corrected chi connectivity index (χ2v) is 26.1. The highest BCUT2D eigenvalue weighted by atomic mass is 16.8. The molecule has 19 heteroatoms. The molecule has 0 aromatic heterocycles. The summed E-state index contributed by atoms with van der Waals surface area (Å²) in [6.45, 7) is 1.67. The lowest BCUT2D eigenvalue weighted by Crippen LogP contribution is -2.66. The van der Waals surface area contributed by atoms with E-state index >= 15 is 0 Å². The van der Waals surface area contributed by atoms with Gasteiger partial charge in [-0.25, -0.2) is 0 Å². The van der Waals surface area contributed by atoms with E-state index in [1.807, 2.05) is 6.08 Å².